The molecule has 0 unspecified atom stereocenters. The van der Waals surface area contributed by atoms with Gasteiger partial charge in [0.25, 0.3) is 0 Å². The molecule has 0 aliphatic carbocycles. The van der Waals surface area contributed by atoms with Gasteiger partial charge in [0.2, 0.25) is 5.91 Å². The van der Waals surface area contributed by atoms with E-state index in [0.29, 0.717) is 35.2 Å². The molecule has 40 heavy (non-hydrogen) atoms. The van der Waals surface area contributed by atoms with Crippen LogP contribution in [0.5, 0.6) is 5.75 Å². The first-order chi connectivity index (χ1) is 19.0. The van der Waals surface area contributed by atoms with Crippen molar-refractivity contribution >= 4 is 42.2 Å². The third kappa shape index (κ3) is 8.78. The third-order valence-electron chi connectivity index (χ3n) is 5.52. The first-order valence-corrected chi connectivity index (χ1v) is 12.1. The summed E-state index contributed by atoms with van der Waals surface area (Å²) in [5, 5.41) is 8.74. The van der Waals surface area contributed by atoms with E-state index >= 15 is 0 Å². The summed E-state index contributed by atoms with van der Waals surface area (Å²) in [6.07, 6.45) is -3.27. The van der Waals surface area contributed by atoms with Crippen LogP contribution in [0, 0.1) is 5.82 Å². The van der Waals surface area contributed by atoms with Gasteiger partial charge < -0.3 is 35.0 Å². The van der Waals surface area contributed by atoms with Crippen molar-refractivity contribution in [3.05, 3.63) is 52.7 Å². The van der Waals surface area contributed by atoms with Crippen LogP contribution in [0.3, 0.4) is 0 Å². The monoisotopic (exact) mass is 568 g/mol. The number of aldehydes is 1. The predicted molar refractivity (Wildman–Crippen MR) is 144 cm³/mol. The van der Waals surface area contributed by atoms with Crippen LogP contribution in [0.25, 0.3) is 12.4 Å². The normalized spacial score (nSPS) is 14.8. The molecule has 1 amide bonds. The molecule has 2 aromatic rings. The van der Waals surface area contributed by atoms with Gasteiger partial charge in [-0.3, -0.25) is 4.79 Å². The Morgan fingerprint density at radius 1 is 1.18 bits per heavy atom. The van der Waals surface area contributed by atoms with E-state index in [4.69, 9.17) is 9.47 Å². The Kier molecular flexibility index (Phi) is 12.1. The summed E-state index contributed by atoms with van der Waals surface area (Å²) >= 11 is 0. The molecule has 3 N–H and O–H groups in total. The largest absolute Gasteiger partial charge is 0.491 e. The molecule has 1 aliphatic heterocycles. The van der Waals surface area contributed by atoms with Gasteiger partial charge >= 0.3 is 6.18 Å². The van der Waals surface area contributed by atoms with Crippen molar-refractivity contribution in [1.82, 2.24) is 5.32 Å². The summed E-state index contributed by atoms with van der Waals surface area (Å²) in [5.74, 6) is -0.604. The molecule has 2 aromatic carbocycles. The summed E-state index contributed by atoms with van der Waals surface area (Å²) in [7, 11) is 3.43. The number of alkyl halides is 3. The van der Waals surface area contributed by atoms with Crippen LogP contribution in [0.15, 0.2) is 41.4 Å². The van der Waals surface area contributed by atoms with Crippen molar-refractivity contribution in [2.24, 2.45) is 4.99 Å². The molecule has 1 fully saturated rings. The van der Waals surface area contributed by atoms with Crippen LogP contribution in [-0.2, 0) is 19.1 Å². The Morgan fingerprint density at radius 2 is 1.82 bits per heavy atom. The van der Waals surface area contributed by atoms with Crippen LogP contribution in [0.1, 0.15) is 13.3 Å². The van der Waals surface area contributed by atoms with E-state index < -0.39 is 43.1 Å². The molecular formula is C27H32F4N4O5. The van der Waals surface area contributed by atoms with Crippen LogP contribution < -0.4 is 31.1 Å². The first kappa shape index (κ1) is 32.2. The Morgan fingerprint density at radius 3 is 2.30 bits per heavy atom. The Balaban J connectivity index is 0.000000337. The van der Waals surface area contributed by atoms with Gasteiger partial charge in [-0.1, -0.05) is 6.58 Å². The number of hydrogen-bond acceptors (Lipinski definition) is 8. The summed E-state index contributed by atoms with van der Waals surface area (Å²) in [4.78, 5) is 25.0. The van der Waals surface area contributed by atoms with Crippen LogP contribution in [0.4, 0.5) is 28.9 Å². The molecule has 1 saturated heterocycles. The fraction of sp³-hybridized carbons (Fsp3) is 0.370. The Hall–Kier alpha value is -3.97. The molecule has 218 valence electrons. The highest BCUT2D eigenvalue weighted by molar-refractivity contribution is 5.88. The molecular weight excluding hydrogens is 536 g/mol. The van der Waals surface area contributed by atoms with E-state index in [9.17, 15) is 27.2 Å². The van der Waals surface area contributed by atoms with Crippen molar-refractivity contribution in [3.8, 4) is 5.75 Å². The second kappa shape index (κ2) is 15.0. The zero-order valence-corrected chi connectivity index (χ0v) is 22.4. The molecule has 1 aliphatic rings. The topological polar surface area (TPSA) is 110 Å². The highest BCUT2D eigenvalue weighted by Crippen LogP contribution is 2.36. The highest BCUT2D eigenvalue weighted by atomic mass is 19.4. The van der Waals surface area contributed by atoms with E-state index in [1.165, 1.54) is 6.07 Å². The van der Waals surface area contributed by atoms with E-state index in [0.717, 1.165) is 11.4 Å². The smallest absolute Gasteiger partial charge is 0.416 e. The van der Waals surface area contributed by atoms with Gasteiger partial charge in [0.05, 0.1) is 31.5 Å². The number of ether oxygens (including phenoxy) is 3. The number of anilines is 2. The van der Waals surface area contributed by atoms with E-state index in [-0.39, 0.29) is 6.29 Å². The van der Waals surface area contributed by atoms with E-state index in [2.05, 4.69) is 26.9 Å². The zero-order valence-electron chi connectivity index (χ0n) is 22.4. The summed E-state index contributed by atoms with van der Waals surface area (Å²) in [6, 6.07) is 10.6. The van der Waals surface area contributed by atoms with E-state index in [1.807, 2.05) is 31.3 Å². The maximum Gasteiger partial charge on any atom is 0.416 e. The SMILES string of the molecule is C=c1cc(OCCOC)cc(F)/c1=C(/N=C\C)Nc1ccc(NC)cc1.O=CCC(=O)NC1(C(F)(F)F)COC1. The molecule has 0 bridgehead atoms. The maximum absolute atomic E-state index is 14.7. The molecule has 13 heteroatoms. The van der Waals surface area contributed by atoms with E-state index in [1.54, 1.807) is 31.6 Å². The average molecular weight is 569 g/mol. The number of carbonyl (C=O) groups excluding carboxylic acids is 2. The van der Waals surface area contributed by atoms with Gasteiger partial charge in [-0.05, 0) is 42.5 Å². The third-order valence-corrected chi connectivity index (χ3v) is 5.52. The Labute approximate surface area is 228 Å². The second-order valence-corrected chi connectivity index (χ2v) is 8.46. The first-order valence-electron chi connectivity index (χ1n) is 12.1. The van der Waals surface area contributed by atoms with Crippen molar-refractivity contribution in [2.45, 2.75) is 25.1 Å². The number of rotatable bonds is 11. The van der Waals surface area contributed by atoms with Crippen molar-refractivity contribution in [3.63, 3.8) is 0 Å². The molecule has 0 atom stereocenters. The molecule has 0 saturated carbocycles. The molecule has 9 nitrogen and oxygen atoms in total. The lowest BCUT2D eigenvalue weighted by molar-refractivity contribution is -0.266. The number of carbonyl (C=O) groups is 2. The quantitative estimate of drug-likeness (QED) is 0.126. The maximum atomic E-state index is 14.7. The fourth-order valence-corrected chi connectivity index (χ4v) is 3.38. The summed E-state index contributed by atoms with van der Waals surface area (Å²) in [6.45, 7) is 5.30. The second-order valence-electron chi connectivity index (χ2n) is 8.46. The highest BCUT2D eigenvalue weighted by Gasteiger charge is 2.61. The molecule has 3 rings (SSSR count). The van der Waals surface area contributed by atoms with Crippen molar-refractivity contribution < 1.29 is 41.4 Å². The molecule has 0 radical (unpaired) electrons. The lowest BCUT2D eigenvalue weighted by Crippen LogP contribution is -2.70. The number of nitrogens with zero attached hydrogens (tertiary/aromatic N) is 1. The zero-order chi connectivity index (χ0) is 29.8. The lowest BCUT2D eigenvalue weighted by Gasteiger charge is -2.42. The van der Waals surface area contributed by atoms with Gasteiger partial charge in [-0.2, -0.15) is 13.2 Å². The standard InChI is InChI=1S/C20H24FN3O2.C7H8F3NO3/c1-5-23-20(24-16-8-6-15(22-3)7-9-16)19-14(2)12-17(13-18(19)21)26-11-10-25-4;8-7(9,10)6(3-14-4-6)11-5(13)1-2-12/h5-9,12-13,22,24H,2,10-11H2,1,3-4H3;2H,1,3-4H2,(H,11,13)/b20-19-,23-5-;. The number of methoxy groups -OCH3 is 1. The Bertz CT molecular complexity index is 1280. The summed E-state index contributed by atoms with van der Waals surface area (Å²) < 4.78 is 66.7. The van der Waals surface area contributed by atoms with Crippen molar-refractivity contribution in [2.75, 3.05) is 51.2 Å². The molecule has 0 aromatic heterocycles. The summed E-state index contributed by atoms with van der Waals surface area (Å²) in [5.41, 5.74) is -0.519. The average Bonchev–Trinajstić information content (AvgIpc) is 2.86. The molecule has 1 heterocycles. The minimum atomic E-state index is -4.55. The number of hydrogen-bond donors (Lipinski definition) is 3. The lowest BCUT2D eigenvalue weighted by atomic mass is 9.96. The fourth-order valence-electron chi connectivity index (χ4n) is 3.38. The van der Waals surface area contributed by atoms with Crippen LogP contribution in [-0.4, -0.2) is 70.7 Å². The van der Waals surface area contributed by atoms with Gasteiger partial charge in [0.1, 0.15) is 30.3 Å². The number of amides is 1. The molecule has 0 spiro atoms. The predicted octanol–water partition coefficient (Wildman–Crippen LogP) is 2.59. The minimum absolute atomic E-state index is 0.249. The van der Waals surface area contributed by atoms with Crippen LogP contribution >= 0.6 is 0 Å². The van der Waals surface area contributed by atoms with Gasteiger partial charge in [0.15, 0.2) is 5.54 Å². The van der Waals surface area contributed by atoms with Gasteiger partial charge in [-0.25, -0.2) is 9.38 Å². The van der Waals surface area contributed by atoms with Crippen LogP contribution in [0.2, 0.25) is 0 Å². The minimum Gasteiger partial charge on any atom is -0.491 e. The number of benzene rings is 2. The van der Waals surface area contributed by atoms with Gasteiger partial charge in [0, 0.05) is 37.8 Å². The van der Waals surface area contributed by atoms with Gasteiger partial charge in [-0.15, -0.1) is 0 Å². The van der Waals surface area contributed by atoms with Crippen molar-refractivity contribution in [1.29, 1.82) is 0 Å². The number of nitrogens with one attached hydrogen (secondary N) is 3. The number of aliphatic imine (C=N–C) groups is 1. The number of halogens is 4.